The molecular weight excluding hydrogens is 410 g/mol. The molecule has 7 heteroatoms. The molecule has 0 spiro atoms. The highest BCUT2D eigenvalue weighted by atomic mass is 16.6. The second kappa shape index (κ2) is 11.0. The Morgan fingerprint density at radius 2 is 1.56 bits per heavy atom. The Morgan fingerprint density at radius 3 is 2.22 bits per heavy atom. The number of amides is 1. The van der Waals surface area contributed by atoms with Crippen molar-refractivity contribution in [3.05, 3.63) is 83.9 Å². The summed E-state index contributed by atoms with van der Waals surface area (Å²) in [5.74, 6) is -1.21. The van der Waals surface area contributed by atoms with Crippen LogP contribution < -0.4 is 0 Å². The molecule has 0 aliphatic carbocycles. The normalized spacial score (nSPS) is 17.7. The lowest BCUT2D eigenvalue weighted by Gasteiger charge is -2.36. The van der Waals surface area contributed by atoms with Crippen LogP contribution >= 0.6 is 0 Å². The van der Waals surface area contributed by atoms with E-state index in [2.05, 4.69) is 0 Å². The molecule has 1 amide bonds. The van der Waals surface area contributed by atoms with E-state index in [9.17, 15) is 19.2 Å². The minimum atomic E-state index is -1.10. The molecule has 0 fully saturated rings. The van der Waals surface area contributed by atoms with Crippen LogP contribution in [-0.4, -0.2) is 47.2 Å². The summed E-state index contributed by atoms with van der Waals surface area (Å²) in [7, 11) is 0. The molecule has 0 bridgehead atoms. The Balaban J connectivity index is 1.82. The zero-order chi connectivity index (χ0) is 22.9. The van der Waals surface area contributed by atoms with Gasteiger partial charge >= 0.3 is 12.1 Å². The summed E-state index contributed by atoms with van der Waals surface area (Å²) >= 11 is 0. The molecule has 2 aromatic rings. The van der Waals surface area contributed by atoms with Crippen LogP contribution in [0.2, 0.25) is 0 Å². The van der Waals surface area contributed by atoms with E-state index in [1.54, 1.807) is 49.4 Å². The van der Waals surface area contributed by atoms with Gasteiger partial charge in [-0.3, -0.25) is 19.3 Å². The molecule has 0 N–H and O–H groups in total. The summed E-state index contributed by atoms with van der Waals surface area (Å²) in [4.78, 5) is 51.7. The first-order chi connectivity index (χ1) is 15.5. The van der Waals surface area contributed by atoms with Crippen LogP contribution in [0.4, 0.5) is 4.79 Å². The van der Waals surface area contributed by atoms with Crippen molar-refractivity contribution in [3.63, 3.8) is 0 Å². The Labute approximate surface area is 186 Å². The van der Waals surface area contributed by atoms with Crippen molar-refractivity contribution >= 4 is 23.6 Å². The van der Waals surface area contributed by atoms with Crippen LogP contribution in [0.1, 0.15) is 35.7 Å². The predicted octanol–water partition coefficient (Wildman–Crippen LogP) is 3.73. The monoisotopic (exact) mass is 435 g/mol. The highest BCUT2D eigenvalue weighted by Gasteiger charge is 2.39. The molecule has 166 valence electrons. The first-order valence-electron chi connectivity index (χ1n) is 10.4. The Hall–Kier alpha value is -3.74. The molecule has 0 radical (unpaired) electrons. The molecule has 2 aromatic carbocycles. The van der Waals surface area contributed by atoms with Crippen LogP contribution in [-0.2, 0) is 25.7 Å². The number of esters is 1. The molecule has 0 saturated carbocycles. The third-order valence-corrected chi connectivity index (χ3v) is 5.08. The average molecular weight is 435 g/mol. The number of carbonyl (C=O) groups excluding carboxylic acids is 4. The van der Waals surface area contributed by atoms with Gasteiger partial charge in [-0.1, -0.05) is 66.7 Å². The Morgan fingerprint density at radius 1 is 0.906 bits per heavy atom. The summed E-state index contributed by atoms with van der Waals surface area (Å²) in [5.41, 5.74) is 1.27. The molecular formula is C25H25NO6. The van der Waals surface area contributed by atoms with E-state index in [-0.39, 0.29) is 31.8 Å². The van der Waals surface area contributed by atoms with Crippen molar-refractivity contribution in [1.29, 1.82) is 0 Å². The van der Waals surface area contributed by atoms with E-state index in [0.29, 0.717) is 5.56 Å². The number of ketones is 2. The first-order valence-corrected chi connectivity index (χ1v) is 10.4. The second-order valence-corrected chi connectivity index (χ2v) is 7.29. The van der Waals surface area contributed by atoms with Gasteiger partial charge in [0.05, 0.1) is 19.1 Å². The molecule has 1 aliphatic rings. The van der Waals surface area contributed by atoms with Crippen LogP contribution in [0.15, 0.2) is 72.8 Å². The van der Waals surface area contributed by atoms with Crippen molar-refractivity contribution < 1.29 is 28.7 Å². The summed E-state index contributed by atoms with van der Waals surface area (Å²) in [6, 6.07) is 16.0. The van der Waals surface area contributed by atoms with Gasteiger partial charge < -0.3 is 9.47 Å². The number of nitrogens with zero attached hydrogens (tertiary/aromatic N) is 1. The first kappa shape index (κ1) is 22.9. The number of ether oxygens (including phenoxy) is 2. The standard InChI is InChI=1S/C25H25NO6/c1-2-31-24(29)16-21-22(27)14-13-20(15-23(28)19-11-7-4-8-12-19)26(21)25(30)32-17-18-9-5-3-6-10-18/h3-14,20-21H,2,15-17H2,1H3/t20-,21-/m0/s1. The number of rotatable bonds is 8. The van der Waals surface area contributed by atoms with Gasteiger partial charge in [0.25, 0.3) is 0 Å². The molecule has 0 saturated heterocycles. The molecule has 32 heavy (non-hydrogen) atoms. The molecule has 1 aliphatic heterocycles. The summed E-state index contributed by atoms with van der Waals surface area (Å²) in [6.45, 7) is 1.82. The van der Waals surface area contributed by atoms with Gasteiger partial charge in [-0.2, -0.15) is 0 Å². The van der Waals surface area contributed by atoms with Gasteiger partial charge in [0, 0.05) is 12.0 Å². The van der Waals surface area contributed by atoms with Gasteiger partial charge in [0.15, 0.2) is 11.6 Å². The predicted molar refractivity (Wildman–Crippen MR) is 117 cm³/mol. The van der Waals surface area contributed by atoms with Crippen molar-refractivity contribution in [2.24, 2.45) is 0 Å². The highest BCUT2D eigenvalue weighted by molar-refractivity contribution is 6.01. The van der Waals surface area contributed by atoms with E-state index < -0.39 is 29.9 Å². The van der Waals surface area contributed by atoms with E-state index >= 15 is 0 Å². The van der Waals surface area contributed by atoms with Crippen molar-refractivity contribution in [2.75, 3.05) is 6.61 Å². The largest absolute Gasteiger partial charge is 0.466 e. The summed E-state index contributed by atoms with van der Waals surface area (Å²) in [6.07, 6.45) is 1.69. The molecule has 0 aromatic heterocycles. The van der Waals surface area contributed by atoms with Crippen molar-refractivity contribution in [3.8, 4) is 0 Å². The lowest BCUT2D eigenvalue weighted by molar-refractivity contribution is -0.146. The maximum Gasteiger partial charge on any atom is 0.411 e. The van der Waals surface area contributed by atoms with Gasteiger partial charge in [0.1, 0.15) is 12.6 Å². The lowest BCUT2D eigenvalue weighted by Crippen LogP contribution is -2.53. The zero-order valence-corrected chi connectivity index (χ0v) is 17.8. The molecule has 2 atom stereocenters. The van der Waals surface area contributed by atoms with Gasteiger partial charge in [-0.25, -0.2) is 4.79 Å². The average Bonchev–Trinajstić information content (AvgIpc) is 2.81. The number of benzene rings is 2. The summed E-state index contributed by atoms with van der Waals surface area (Å²) < 4.78 is 10.4. The van der Waals surface area contributed by atoms with E-state index in [1.807, 2.05) is 18.2 Å². The van der Waals surface area contributed by atoms with Crippen LogP contribution in [0, 0.1) is 0 Å². The van der Waals surface area contributed by atoms with E-state index in [1.165, 1.54) is 17.1 Å². The molecule has 7 nitrogen and oxygen atoms in total. The fourth-order valence-corrected chi connectivity index (χ4v) is 3.51. The number of hydrogen-bond donors (Lipinski definition) is 0. The minimum Gasteiger partial charge on any atom is -0.466 e. The zero-order valence-electron chi connectivity index (χ0n) is 17.8. The summed E-state index contributed by atoms with van der Waals surface area (Å²) in [5, 5.41) is 0. The third-order valence-electron chi connectivity index (χ3n) is 5.08. The maximum atomic E-state index is 13.0. The van der Waals surface area contributed by atoms with E-state index in [4.69, 9.17) is 9.47 Å². The molecule has 3 rings (SSSR count). The number of hydrogen-bond acceptors (Lipinski definition) is 6. The molecule has 1 heterocycles. The lowest BCUT2D eigenvalue weighted by atomic mass is 9.94. The Bertz CT molecular complexity index is 986. The third kappa shape index (κ3) is 5.91. The van der Waals surface area contributed by atoms with Crippen LogP contribution in [0.5, 0.6) is 0 Å². The number of Topliss-reactive ketones (excluding diaryl/α,β-unsaturated/α-hetero) is 1. The topological polar surface area (TPSA) is 90.0 Å². The minimum absolute atomic E-state index is 0.000440. The number of carbonyl (C=O) groups is 4. The Kier molecular flexibility index (Phi) is 7.91. The quantitative estimate of drug-likeness (QED) is 0.464. The SMILES string of the molecule is CCOC(=O)C[C@H]1C(=O)C=C[C@@H](CC(=O)c2ccccc2)N1C(=O)OCc1ccccc1. The van der Waals surface area contributed by atoms with Gasteiger partial charge in [-0.05, 0) is 18.6 Å². The van der Waals surface area contributed by atoms with Crippen molar-refractivity contribution in [1.82, 2.24) is 4.90 Å². The fraction of sp³-hybridized carbons (Fsp3) is 0.280. The maximum absolute atomic E-state index is 13.0. The highest BCUT2D eigenvalue weighted by Crippen LogP contribution is 2.24. The fourth-order valence-electron chi connectivity index (χ4n) is 3.51. The second-order valence-electron chi connectivity index (χ2n) is 7.29. The van der Waals surface area contributed by atoms with Gasteiger partial charge in [0.2, 0.25) is 0 Å². The van der Waals surface area contributed by atoms with Gasteiger partial charge in [-0.15, -0.1) is 0 Å². The van der Waals surface area contributed by atoms with Crippen LogP contribution in [0.3, 0.4) is 0 Å². The smallest absolute Gasteiger partial charge is 0.411 e. The van der Waals surface area contributed by atoms with Crippen molar-refractivity contribution in [2.45, 2.75) is 38.5 Å². The van der Waals surface area contributed by atoms with Crippen LogP contribution in [0.25, 0.3) is 0 Å². The van der Waals surface area contributed by atoms with E-state index in [0.717, 1.165) is 5.56 Å². The molecule has 0 unspecified atom stereocenters.